The number of hydrogen-bond acceptors (Lipinski definition) is 2. The SMILES string of the molecule is Cc1ccc(NC(=O)CNC(=O)c2c(F)cccc2Cl)c(Br)c1. The number of nitrogens with one attached hydrogen (secondary N) is 2. The summed E-state index contributed by atoms with van der Waals surface area (Å²) in [6, 6.07) is 9.38. The summed E-state index contributed by atoms with van der Waals surface area (Å²) in [5.41, 5.74) is 1.34. The molecule has 23 heavy (non-hydrogen) atoms. The zero-order valence-electron chi connectivity index (χ0n) is 12.1. The number of carbonyl (C=O) groups excluding carboxylic acids is 2. The second-order valence-electron chi connectivity index (χ2n) is 4.81. The lowest BCUT2D eigenvalue weighted by Gasteiger charge is -2.10. The summed E-state index contributed by atoms with van der Waals surface area (Å²) in [7, 11) is 0. The maximum atomic E-state index is 13.6. The first kappa shape index (κ1) is 17.4. The summed E-state index contributed by atoms with van der Waals surface area (Å²) in [5, 5.41) is 4.98. The number of rotatable bonds is 4. The predicted octanol–water partition coefficient (Wildman–Crippen LogP) is 3.92. The Bertz CT molecular complexity index is 747. The molecule has 2 amide bonds. The zero-order valence-corrected chi connectivity index (χ0v) is 14.5. The minimum Gasteiger partial charge on any atom is -0.343 e. The summed E-state index contributed by atoms with van der Waals surface area (Å²) < 4.78 is 14.3. The van der Waals surface area contributed by atoms with E-state index in [9.17, 15) is 14.0 Å². The van der Waals surface area contributed by atoms with E-state index in [0.717, 1.165) is 16.1 Å². The predicted molar refractivity (Wildman–Crippen MR) is 91.3 cm³/mol. The van der Waals surface area contributed by atoms with Crippen molar-refractivity contribution in [2.24, 2.45) is 0 Å². The second kappa shape index (κ2) is 7.57. The molecule has 0 saturated carbocycles. The van der Waals surface area contributed by atoms with Crippen molar-refractivity contribution < 1.29 is 14.0 Å². The maximum absolute atomic E-state index is 13.6. The fourth-order valence-electron chi connectivity index (χ4n) is 1.88. The van der Waals surface area contributed by atoms with Gasteiger partial charge in [-0.3, -0.25) is 9.59 Å². The highest BCUT2D eigenvalue weighted by atomic mass is 79.9. The first-order valence-corrected chi connectivity index (χ1v) is 7.84. The molecular weight excluding hydrogens is 387 g/mol. The van der Waals surface area contributed by atoms with E-state index < -0.39 is 17.6 Å². The number of aryl methyl sites for hydroxylation is 1. The third-order valence-corrected chi connectivity index (χ3v) is 3.97. The smallest absolute Gasteiger partial charge is 0.256 e. The fourth-order valence-corrected chi connectivity index (χ4v) is 2.72. The van der Waals surface area contributed by atoms with Gasteiger partial charge in [-0.1, -0.05) is 23.7 Å². The Balaban J connectivity index is 1.98. The number of hydrogen-bond donors (Lipinski definition) is 2. The van der Waals surface area contributed by atoms with E-state index in [0.29, 0.717) is 5.69 Å². The molecule has 0 heterocycles. The molecule has 0 spiro atoms. The van der Waals surface area contributed by atoms with E-state index in [1.54, 1.807) is 6.07 Å². The third kappa shape index (κ3) is 4.53. The normalized spacial score (nSPS) is 10.3. The van der Waals surface area contributed by atoms with Crippen LogP contribution < -0.4 is 10.6 Å². The van der Waals surface area contributed by atoms with Crippen molar-refractivity contribution in [2.75, 3.05) is 11.9 Å². The number of anilines is 1. The van der Waals surface area contributed by atoms with Crippen molar-refractivity contribution in [3.8, 4) is 0 Å². The van der Waals surface area contributed by atoms with Gasteiger partial charge >= 0.3 is 0 Å². The van der Waals surface area contributed by atoms with Crippen LogP contribution in [0.3, 0.4) is 0 Å². The molecule has 2 aromatic rings. The average Bonchev–Trinajstić information content (AvgIpc) is 2.48. The van der Waals surface area contributed by atoms with Crippen LogP contribution in [0.4, 0.5) is 10.1 Å². The highest BCUT2D eigenvalue weighted by Gasteiger charge is 2.16. The van der Waals surface area contributed by atoms with Crippen molar-refractivity contribution in [1.29, 1.82) is 0 Å². The van der Waals surface area contributed by atoms with Gasteiger partial charge < -0.3 is 10.6 Å². The lowest BCUT2D eigenvalue weighted by molar-refractivity contribution is -0.115. The average molecular weight is 400 g/mol. The molecule has 0 saturated heterocycles. The van der Waals surface area contributed by atoms with Gasteiger partial charge in [0.25, 0.3) is 5.91 Å². The topological polar surface area (TPSA) is 58.2 Å². The third-order valence-electron chi connectivity index (χ3n) is 3.00. The molecule has 0 atom stereocenters. The number of benzene rings is 2. The minimum absolute atomic E-state index is 0.0100. The van der Waals surface area contributed by atoms with Crippen LogP contribution in [0.25, 0.3) is 0 Å². The summed E-state index contributed by atoms with van der Waals surface area (Å²) in [6.07, 6.45) is 0. The molecule has 0 aliphatic rings. The highest BCUT2D eigenvalue weighted by Crippen LogP contribution is 2.23. The molecule has 0 fully saturated rings. The van der Waals surface area contributed by atoms with Crippen LogP contribution in [0.15, 0.2) is 40.9 Å². The van der Waals surface area contributed by atoms with Gasteiger partial charge in [-0.15, -0.1) is 0 Å². The molecule has 0 aliphatic heterocycles. The molecule has 0 unspecified atom stereocenters. The van der Waals surface area contributed by atoms with Gasteiger partial charge in [-0.25, -0.2) is 4.39 Å². The molecule has 0 aliphatic carbocycles. The maximum Gasteiger partial charge on any atom is 0.256 e. The standard InChI is InChI=1S/C16H13BrClFN2O2/c1-9-5-6-13(10(17)7-9)21-14(22)8-20-16(23)15-11(18)3-2-4-12(15)19/h2-7H,8H2,1H3,(H,20,23)(H,21,22). The Kier molecular flexibility index (Phi) is 5.74. The lowest BCUT2D eigenvalue weighted by atomic mass is 10.2. The van der Waals surface area contributed by atoms with Gasteiger partial charge in [0, 0.05) is 4.47 Å². The summed E-state index contributed by atoms with van der Waals surface area (Å²) >= 11 is 9.14. The zero-order chi connectivity index (χ0) is 17.0. The minimum atomic E-state index is -0.744. The van der Waals surface area contributed by atoms with Crippen molar-refractivity contribution in [2.45, 2.75) is 6.92 Å². The van der Waals surface area contributed by atoms with E-state index in [2.05, 4.69) is 26.6 Å². The molecular formula is C16H13BrClFN2O2. The molecule has 0 radical (unpaired) electrons. The van der Waals surface area contributed by atoms with Crippen molar-refractivity contribution in [1.82, 2.24) is 5.32 Å². The van der Waals surface area contributed by atoms with Gasteiger partial charge in [0.2, 0.25) is 5.91 Å². The van der Waals surface area contributed by atoms with Gasteiger partial charge in [0.15, 0.2) is 0 Å². The second-order valence-corrected chi connectivity index (χ2v) is 6.07. The number of halogens is 3. The molecule has 2 rings (SSSR count). The van der Waals surface area contributed by atoms with Crippen LogP contribution in [-0.4, -0.2) is 18.4 Å². The van der Waals surface area contributed by atoms with Crippen LogP contribution in [0.5, 0.6) is 0 Å². The van der Waals surface area contributed by atoms with Crippen molar-refractivity contribution >= 4 is 45.0 Å². The quantitative estimate of drug-likeness (QED) is 0.819. The van der Waals surface area contributed by atoms with E-state index in [-0.39, 0.29) is 17.1 Å². The van der Waals surface area contributed by atoms with Crippen LogP contribution in [-0.2, 0) is 4.79 Å². The lowest BCUT2D eigenvalue weighted by Crippen LogP contribution is -2.33. The van der Waals surface area contributed by atoms with Gasteiger partial charge in [0.1, 0.15) is 5.82 Å². The van der Waals surface area contributed by atoms with E-state index in [4.69, 9.17) is 11.6 Å². The summed E-state index contributed by atoms with van der Waals surface area (Å²) in [4.78, 5) is 23.8. The molecule has 7 heteroatoms. The van der Waals surface area contributed by atoms with Crippen LogP contribution in [0.2, 0.25) is 5.02 Å². The number of carbonyl (C=O) groups is 2. The summed E-state index contributed by atoms with van der Waals surface area (Å²) in [5.74, 6) is -1.92. The molecule has 120 valence electrons. The monoisotopic (exact) mass is 398 g/mol. The molecule has 4 nitrogen and oxygen atoms in total. The molecule has 2 aromatic carbocycles. The summed E-state index contributed by atoms with van der Waals surface area (Å²) in [6.45, 7) is 1.62. The molecule has 2 N–H and O–H groups in total. The fraction of sp³-hybridized carbons (Fsp3) is 0.125. The first-order valence-electron chi connectivity index (χ1n) is 6.66. The van der Waals surface area contributed by atoms with E-state index in [1.807, 2.05) is 19.1 Å². The van der Waals surface area contributed by atoms with Gasteiger partial charge in [-0.05, 0) is 52.7 Å². The van der Waals surface area contributed by atoms with Gasteiger partial charge in [0.05, 0.1) is 22.8 Å². The molecule has 0 aromatic heterocycles. The van der Waals surface area contributed by atoms with Crippen molar-refractivity contribution in [3.63, 3.8) is 0 Å². The molecule has 0 bridgehead atoms. The Morgan fingerprint density at radius 3 is 2.65 bits per heavy atom. The number of amides is 2. The van der Waals surface area contributed by atoms with Crippen LogP contribution in [0, 0.1) is 12.7 Å². The highest BCUT2D eigenvalue weighted by molar-refractivity contribution is 9.10. The Labute approximate surface area is 146 Å². The van der Waals surface area contributed by atoms with Gasteiger partial charge in [-0.2, -0.15) is 0 Å². The van der Waals surface area contributed by atoms with E-state index in [1.165, 1.54) is 12.1 Å². The Morgan fingerprint density at radius 2 is 2.00 bits per heavy atom. The van der Waals surface area contributed by atoms with Crippen LogP contribution >= 0.6 is 27.5 Å². The Morgan fingerprint density at radius 1 is 1.26 bits per heavy atom. The Hall–Kier alpha value is -1.92. The largest absolute Gasteiger partial charge is 0.343 e. The van der Waals surface area contributed by atoms with Crippen LogP contribution in [0.1, 0.15) is 15.9 Å². The first-order chi connectivity index (χ1) is 10.9. The van der Waals surface area contributed by atoms with Crippen molar-refractivity contribution in [3.05, 3.63) is 62.8 Å². The van der Waals surface area contributed by atoms with E-state index >= 15 is 0 Å².